The van der Waals surface area contributed by atoms with Crippen molar-refractivity contribution < 1.29 is 19.4 Å². The van der Waals surface area contributed by atoms with Crippen LogP contribution in [0.4, 0.5) is 10.1 Å². The van der Waals surface area contributed by atoms with Gasteiger partial charge in [0.25, 0.3) is 0 Å². The summed E-state index contributed by atoms with van der Waals surface area (Å²) >= 11 is 0. The van der Waals surface area contributed by atoms with E-state index in [2.05, 4.69) is 10.0 Å². The summed E-state index contributed by atoms with van der Waals surface area (Å²) in [4.78, 5) is 30.6. The first-order valence-electron chi connectivity index (χ1n) is 10.2. The van der Waals surface area contributed by atoms with Crippen LogP contribution in [-0.4, -0.2) is 71.0 Å². The van der Waals surface area contributed by atoms with Gasteiger partial charge in [0.1, 0.15) is 11.4 Å². The number of β-amino-alcohol motifs (C(OH)–C–C–N with tert-alkyl or cyclic N) is 1. The summed E-state index contributed by atoms with van der Waals surface area (Å²) in [5.74, 6) is -1.88. The predicted molar refractivity (Wildman–Crippen MR) is 112 cm³/mol. The maximum atomic E-state index is 15.0. The summed E-state index contributed by atoms with van der Waals surface area (Å²) in [6, 6.07) is 2.91. The number of aromatic nitrogens is 1. The van der Waals surface area contributed by atoms with Crippen LogP contribution in [0.3, 0.4) is 0 Å². The highest BCUT2D eigenvalue weighted by molar-refractivity contribution is 5.93. The van der Waals surface area contributed by atoms with Crippen molar-refractivity contribution in [2.24, 2.45) is 5.11 Å². The molecule has 1 aliphatic carbocycles. The van der Waals surface area contributed by atoms with Gasteiger partial charge in [-0.05, 0) is 30.5 Å². The van der Waals surface area contributed by atoms with Crippen LogP contribution in [-0.2, 0) is 0 Å². The molecule has 2 fully saturated rings. The molecule has 1 aromatic carbocycles. The number of hydrogen-bond acceptors (Lipinski definition) is 6. The van der Waals surface area contributed by atoms with Gasteiger partial charge in [-0.15, -0.1) is 0 Å². The van der Waals surface area contributed by atoms with Crippen molar-refractivity contribution in [1.29, 1.82) is 0 Å². The maximum absolute atomic E-state index is 15.0. The number of aliphatic hydroxyl groups excluding tert-OH is 1. The minimum absolute atomic E-state index is 0.00699. The number of benzene rings is 1. The van der Waals surface area contributed by atoms with Gasteiger partial charge in [0, 0.05) is 55.3 Å². The SMILES string of the molecule is [N-]=[N+]=NCC(O)CN1CCN(c2cc3c(cc2F)c(=O)c(C(=O)O)cn3C2CC2)CC1. The number of carboxylic acid groups (broad SMARTS) is 1. The van der Waals surface area contributed by atoms with Crippen LogP contribution in [0.2, 0.25) is 0 Å². The molecule has 11 heteroatoms. The molecule has 1 unspecified atom stereocenters. The van der Waals surface area contributed by atoms with Gasteiger partial charge in [-0.1, -0.05) is 5.11 Å². The monoisotopic (exact) mass is 430 g/mol. The lowest BCUT2D eigenvalue weighted by Gasteiger charge is -2.37. The predicted octanol–water partition coefficient (Wildman–Crippen LogP) is 1.97. The van der Waals surface area contributed by atoms with E-state index in [0.29, 0.717) is 43.9 Å². The Balaban J connectivity index is 1.59. The molecule has 31 heavy (non-hydrogen) atoms. The van der Waals surface area contributed by atoms with E-state index in [1.54, 1.807) is 10.6 Å². The minimum Gasteiger partial charge on any atom is -0.477 e. The Morgan fingerprint density at radius 1 is 1.29 bits per heavy atom. The van der Waals surface area contributed by atoms with Gasteiger partial charge >= 0.3 is 5.97 Å². The number of anilines is 1. The summed E-state index contributed by atoms with van der Waals surface area (Å²) in [7, 11) is 0. The molecule has 0 bridgehead atoms. The number of azide groups is 1. The number of fused-ring (bicyclic) bond motifs is 1. The number of pyridine rings is 1. The third kappa shape index (κ3) is 4.34. The quantitative estimate of drug-likeness (QED) is 0.392. The number of aliphatic hydroxyl groups is 1. The van der Waals surface area contributed by atoms with E-state index in [-0.39, 0.29) is 23.5 Å². The number of piperazine rings is 1. The number of hydrogen-bond donors (Lipinski definition) is 2. The molecule has 1 saturated carbocycles. The number of halogens is 1. The highest BCUT2D eigenvalue weighted by Crippen LogP contribution is 2.38. The van der Waals surface area contributed by atoms with Crippen LogP contribution in [0.1, 0.15) is 29.2 Å². The smallest absolute Gasteiger partial charge is 0.341 e. The van der Waals surface area contributed by atoms with E-state index in [0.717, 1.165) is 18.9 Å². The molecule has 2 aliphatic rings. The third-order valence-electron chi connectivity index (χ3n) is 5.81. The lowest BCUT2D eigenvalue weighted by Crippen LogP contribution is -2.49. The van der Waals surface area contributed by atoms with Crippen molar-refractivity contribution in [3.8, 4) is 0 Å². The fourth-order valence-electron chi connectivity index (χ4n) is 4.07. The van der Waals surface area contributed by atoms with Crippen LogP contribution in [0, 0.1) is 5.82 Å². The molecular weight excluding hydrogens is 407 g/mol. The highest BCUT2D eigenvalue weighted by atomic mass is 19.1. The Labute approximate surface area is 176 Å². The van der Waals surface area contributed by atoms with Crippen LogP contribution in [0.5, 0.6) is 0 Å². The zero-order valence-corrected chi connectivity index (χ0v) is 16.8. The standard InChI is InChI=1S/C20H23FN6O4/c21-16-7-14-17(27(12-1-2-12)11-15(19(14)29)20(30)31)8-18(16)26-5-3-25(4-6-26)10-13(28)9-23-24-22/h7-8,11-13,28H,1-6,9-10H2,(H,30,31). The highest BCUT2D eigenvalue weighted by Gasteiger charge is 2.28. The van der Waals surface area contributed by atoms with E-state index in [4.69, 9.17) is 5.53 Å². The van der Waals surface area contributed by atoms with Crippen molar-refractivity contribution in [1.82, 2.24) is 9.47 Å². The number of rotatable bonds is 7. The molecular formula is C20H23FN6O4. The average Bonchev–Trinajstić information content (AvgIpc) is 3.58. The first-order valence-corrected chi connectivity index (χ1v) is 10.2. The van der Waals surface area contributed by atoms with Gasteiger partial charge in [0.2, 0.25) is 5.43 Å². The maximum Gasteiger partial charge on any atom is 0.341 e. The van der Waals surface area contributed by atoms with E-state index >= 15 is 0 Å². The Bertz CT molecular complexity index is 1120. The summed E-state index contributed by atoms with van der Waals surface area (Å²) < 4.78 is 16.8. The van der Waals surface area contributed by atoms with Crippen molar-refractivity contribution in [2.75, 3.05) is 44.2 Å². The van der Waals surface area contributed by atoms with E-state index in [1.165, 1.54) is 6.20 Å². The molecule has 1 aliphatic heterocycles. The second kappa shape index (κ2) is 8.54. The third-order valence-corrected chi connectivity index (χ3v) is 5.81. The summed E-state index contributed by atoms with van der Waals surface area (Å²) in [5.41, 5.74) is 8.23. The van der Waals surface area contributed by atoms with Crippen LogP contribution in [0.25, 0.3) is 21.3 Å². The Morgan fingerprint density at radius 3 is 2.61 bits per heavy atom. The molecule has 2 aromatic rings. The molecule has 0 radical (unpaired) electrons. The number of aromatic carboxylic acids is 1. The van der Waals surface area contributed by atoms with E-state index in [1.807, 2.05) is 9.80 Å². The normalized spacial score (nSPS) is 18.1. The number of carboxylic acids is 1. The van der Waals surface area contributed by atoms with Gasteiger partial charge in [0.15, 0.2) is 0 Å². The molecule has 10 nitrogen and oxygen atoms in total. The zero-order valence-electron chi connectivity index (χ0n) is 16.8. The van der Waals surface area contributed by atoms with Crippen molar-refractivity contribution >= 4 is 22.6 Å². The Hall–Kier alpha value is -3.14. The average molecular weight is 430 g/mol. The summed E-state index contributed by atoms with van der Waals surface area (Å²) in [6.07, 6.45) is 2.40. The molecule has 2 heterocycles. The van der Waals surface area contributed by atoms with E-state index < -0.39 is 23.3 Å². The molecule has 164 valence electrons. The molecule has 1 saturated heterocycles. The zero-order chi connectivity index (χ0) is 22.1. The van der Waals surface area contributed by atoms with Crippen LogP contribution < -0.4 is 10.3 Å². The second-order valence-electron chi connectivity index (χ2n) is 7.99. The fourth-order valence-corrected chi connectivity index (χ4v) is 4.07. The molecule has 0 spiro atoms. The lowest BCUT2D eigenvalue weighted by atomic mass is 10.1. The summed E-state index contributed by atoms with van der Waals surface area (Å²) in [6.45, 7) is 2.62. The van der Waals surface area contributed by atoms with Gasteiger partial charge in [0.05, 0.1) is 23.9 Å². The topological polar surface area (TPSA) is 135 Å². The summed E-state index contributed by atoms with van der Waals surface area (Å²) in [5, 5.41) is 22.7. The molecule has 1 aromatic heterocycles. The molecule has 1 atom stereocenters. The van der Waals surface area contributed by atoms with E-state index in [9.17, 15) is 24.2 Å². The first-order chi connectivity index (χ1) is 14.9. The molecule has 0 amide bonds. The largest absolute Gasteiger partial charge is 0.477 e. The lowest BCUT2D eigenvalue weighted by molar-refractivity contribution is 0.0694. The van der Waals surface area contributed by atoms with Crippen LogP contribution >= 0.6 is 0 Å². The first kappa shape index (κ1) is 21.1. The molecule has 2 N–H and O–H groups in total. The van der Waals surface area contributed by atoms with Crippen molar-refractivity contribution in [3.05, 3.63) is 50.4 Å². The van der Waals surface area contributed by atoms with Gasteiger partial charge in [-0.25, -0.2) is 9.18 Å². The van der Waals surface area contributed by atoms with Gasteiger partial charge in [-0.3, -0.25) is 9.69 Å². The fraction of sp³-hybridized carbons (Fsp3) is 0.500. The van der Waals surface area contributed by atoms with Crippen molar-refractivity contribution in [3.63, 3.8) is 0 Å². The van der Waals surface area contributed by atoms with Crippen molar-refractivity contribution in [2.45, 2.75) is 25.0 Å². The van der Waals surface area contributed by atoms with Gasteiger partial charge < -0.3 is 19.7 Å². The second-order valence-corrected chi connectivity index (χ2v) is 7.99. The minimum atomic E-state index is -1.32. The number of nitrogens with zero attached hydrogens (tertiary/aromatic N) is 6. The Morgan fingerprint density at radius 2 is 2.00 bits per heavy atom. The van der Waals surface area contributed by atoms with Crippen LogP contribution in [0.15, 0.2) is 28.2 Å². The molecule has 4 rings (SSSR count). The number of carbonyl (C=O) groups is 1. The Kier molecular flexibility index (Phi) is 5.81. The van der Waals surface area contributed by atoms with Gasteiger partial charge in [-0.2, -0.15) is 0 Å².